The van der Waals surface area contributed by atoms with Gasteiger partial charge in [-0.15, -0.1) is 0 Å². The maximum atomic E-state index is 5.60. The van der Waals surface area contributed by atoms with Gasteiger partial charge in [-0.25, -0.2) is 4.98 Å². The summed E-state index contributed by atoms with van der Waals surface area (Å²) in [6, 6.07) is 7.50. The maximum Gasteiger partial charge on any atom is 0.158 e. The number of pyridine rings is 2. The molecule has 5 nitrogen and oxygen atoms in total. The van der Waals surface area contributed by atoms with Crippen molar-refractivity contribution in [2.45, 2.75) is 0 Å². The molecule has 0 aliphatic rings. The quantitative estimate of drug-likeness (QED) is 0.640. The van der Waals surface area contributed by atoms with Crippen LogP contribution in [-0.2, 0) is 0 Å². The van der Waals surface area contributed by atoms with Crippen LogP contribution in [0.4, 0.5) is 5.82 Å². The average molecular weight is 211 g/mol. The lowest BCUT2D eigenvalue weighted by Gasteiger charge is -1.96. The summed E-state index contributed by atoms with van der Waals surface area (Å²) in [4.78, 5) is 8.14. The van der Waals surface area contributed by atoms with Gasteiger partial charge < -0.3 is 5.73 Å². The van der Waals surface area contributed by atoms with Gasteiger partial charge in [0.2, 0.25) is 0 Å². The van der Waals surface area contributed by atoms with Crippen molar-refractivity contribution in [3.63, 3.8) is 0 Å². The third-order valence-electron chi connectivity index (χ3n) is 2.40. The van der Waals surface area contributed by atoms with Crippen LogP contribution in [0.25, 0.3) is 22.3 Å². The molecule has 0 atom stereocenters. The smallest absolute Gasteiger partial charge is 0.158 e. The molecule has 0 saturated carbocycles. The third kappa shape index (κ3) is 1.30. The largest absolute Gasteiger partial charge is 0.384 e. The van der Waals surface area contributed by atoms with E-state index in [0.29, 0.717) is 11.5 Å². The average Bonchev–Trinajstić information content (AvgIpc) is 2.73. The van der Waals surface area contributed by atoms with Crippen LogP contribution in [0.15, 0.2) is 36.7 Å². The molecule has 0 unspecified atom stereocenters. The Balaban J connectivity index is 2.26. The van der Waals surface area contributed by atoms with Gasteiger partial charge in [0, 0.05) is 23.3 Å². The molecule has 0 fully saturated rings. The number of nitrogens with two attached hydrogens (primary N) is 1. The molecule has 0 radical (unpaired) electrons. The number of hydrogen-bond donors (Lipinski definition) is 2. The van der Waals surface area contributed by atoms with Crippen molar-refractivity contribution in [1.29, 1.82) is 0 Å². The molecule has 0 aliphatic carbocycles. The van der Waals surface area contributed by atoms with Gasteiger partial charge in [0.15, 0.2) is 5.65 Å². The van der Waals surface area contributed by atoms with Gasteiger partial charge in [-0.1, -0.05) is 0 Å². The van der Waals surface area contributed by atoms with Crippen LogP contribution in [0.1, 0.15) is 0 Å². The Hall–Kier alpha value is -2.43. The number of nitrogens with one attached hydrogen (secondary N) is 1. The summed E-state index contributed by atoms with van der Waals surface area (Å²) in [5.41, 5.74) is 8.18. The van der Waals surface area contributed by atoms with Gasteiger partial charge in [0.05, 0.1) is 0 Å². The van der Waals surface area contributed by atoms with Crippen molar-refractivity contribution in [3.05, 3.63) is 36.7 Å². The van der Waals surface area contributed by atoms with E-state index >= 15 is 0 Å². The fourth-order valence-corrected chi connectivity index (χ4v) is 1.65. The number of anilines is 1. The Morgan fingerprint density at radius 3 is 2.69 bits per heavy atom. The molecular formula is C11H9N5. The van der Waals surface area contributed by atoms with Gasteiger partial charge in [0.25, 0.3) is 0 Å². The first kappa shape index (κ1) is 8.84. The van der Waals surface area contributed by atoms with Gasteiger partial charge in [-0.2, -0.15) is 5.10 Å². The molecule has 0 aromatic carbocycles. The molecule has 5 heteroatoms. The molecule has 0 amide bonds. The summed E-state index contributed by atoms with van der Waals surface area (Å²) < 4.78 is 0. The SMILES string of the molecule is Nc1ccc2c(-c3ccncc3)n[nH]c2n1. The number of fused-ring (bicyclic) bond motifs is 1. The van der Waals surface area contributed by atoms with E-state index in [-0.39, 0.29) is 0 Å². The van der Waals surface area contributed by atoms with E-state index in [4.69, 9.17) is 5.73 Å². The molecule has 0 bridgehead atoms. The summed E-state index contributed by atoms with van der Waals surface area (Å²) >= 11 is 0. The Morgan fingerprint density at radius 1 is 1.06 bits per heavy atom. The lowest BCUT2D eigenvalue weighted by molar-refractivity contribution is 1.10. The van der Waals surface area contributed by atoms with E-state index in [0.717, 1.165) is 16.6 Å². The summed E-state index contributed by atoms with van der Waals surface area (Å²) in [6.45, 7) is 0. The molecule has 3 heterocycles. The number of aromatic amines is 1. The van der Waals surface area contributed by atoms with Gasteiger partial charge in [-0.05, 0) is 24.3 Å². The van der Waals surface area contributed by atoms with E-state index in [1.165, 1.54) is 0 Å². The number of H-pyrrole nitrogens is 1. The topological polar surface area (TPSA) is 80.5 Å². The van der Waals surface area contributed by atoms with Gasteiger partial charge in [-0.3, -0.25) is 10.1 Å². The monoisotopic (exact) mass is 211 g/mol. The molecular weight excluding hydrogens is 202 g/mol. The number of nitrogen functional groups attached to an aromatic ring is 1. The molecule has 3 N–H and O–H groups in total. The molecule has 3 rings (SSSR count). The fraction of sp³-hybridized carbons (Fsp3) is 0. The molecule has 0 spiro atoms. The zero-order chi connectivity index (χ0) is 11.0. The van der Waals surface area contributed by atoms with Crippen LogP contribution in [0.2, 0.25) is 0 Å². The van der Waals surface area contributed by atoms with Crippen molar-refractivity contribution in [2.24, 2.45) is 0 Å². The normalized spacial score (nSPS) is 10.8. The minimum atomic E-state index is 0.484. The standard InChI is InChI=1S/C11H9N5/c12-9-2-1-8-10(15-16-11(8)14-9)7-3-5-13-6-4-7/h1-6H,(H3,12,14,15,16). The van der Waals surface area contributed by atoms with Crippen LogP contribution >= 0.6 is 0 Å². The fourth-order valence-electron chi connectivity index (χ4n) is 1.65. The van der Waals surface area contributed by atoms with Crippen LogP contribution in [0.3, 0.4) is 0 Å². The van der Waals surface area contributed by atoms with Crippen molar-refractivity contribution < 1.29 is 0 Å². The first-order valence-corrected chi connectivity index (χ1v) is 4.85. The highest BCUT2D eigenvalue weighted by Crippen LogP contribution is 2.24. The van der Waals surface area contributed by atoms with E-state index in [2.05, 4.69) is 20.2 Å². The number of rotatable bonds is 1. The number of nitrogens with zero attached hydrogens (tertiary/aromatic N) is 3. The summed E-state index contributed by atoms with van der Waals surface area (Å²) in [5, 5.41) is 8.06. The Kier molecular flexibility index (Phi) is 1.83. The molecule has 3 aromatic heterocycles. The Bertz CT molecular complexity index is 629. The van der Waals surface area contributed by atoms with Crippen molar-refractivity contribution in [2.75, 3.05) is 5.73 Å². The minimum Gasteiger partial charge on any atom is -0.384 e. The molecule has 78 valence electrons. The van der Waals surface area contributed by atoms with E-state index in [1.54, 1.807) is 18.5 Å². The minimum absolute atomic E-state index is 0.484. The van der Waals surface area contributed by atoms with Crippen molar-refractivity contribution in [1.82, 2.24) is 20.2 Å². The molecule has 3 aromatic rings. The van der Waals surface area contributed by atoms with Crippen LogP contribution in [0, 0.1) is 0 Å². The highest BCUT2D eigenvalue weighted by molar-refractivity contribution is 5.91. The van der Waals surface area contributed by atoms with Crippen molar-refractivity contribution >= 4 is 16.9 Å². The van der Waals surface area contributed by atoms with Gasteiger partial charge >= 0.3 is 0 Å². The Morgan fingerprint density at radius 2 is 1.88 bits per heavy atom. The first-order valence-electron chi connectivity index (χ1n) is 4.85. The van der Waals surface area contributed by atoms with Crippen molar-refractivity contribution in [3.8, 4) is 11.3 Å². The van der Waals surface area contributed by atoms with Crippen LogP contribution < -0.4 is 5.73 Å². The van der Waals surface area contributed by atoms with E-state index < -0.39 is 0 Å². The number of hydrogen-bond acceptors (Lipinski definition) is 4. The lowest BCUT2D eigenvalue weighted by atomic mass is 10.1. The van der Waals surface area contributed by atoms with Crippen LogP contribution in [-0.4, -0.2) is 20.2 Å². The number of aromatic nitrogens is 4. The van der Waals surface area contributed by atoms with Crippen LogP contribution in [0.5, 0.6) is 0 Å². The zero-order valence-electron chi connectivity index (χ0n) is 8.38. The summed E-state index contributed by atoms with van der Waals surface area (Å²) in [5.74, 6) is 0.484. The molecule has 16 heavy (non-hydrogen) atoms. The highest BCUT2D eigenvalue weighted by Gasteiger charge is 2.08. The van der Waals surface area contributed by atoms with E-state index in [1.807, 2.05) is 18.2 Å². The highest BCUT2D eigenvalue weighted by atomic mass is 15.2. The third-order valence-corrected chi connectivity index (χ3v) is 2.40. The first-order chi connectivity index (χ1) is 7.84. The second-order valence-electron chi connectivity index (χ2n) is 3.44. The molecule has 0 saturated heterocycles. The summed E-state index contributed by atoms with van der Waals surface area (Å²) in [7, 11) is 0. The Labute approximate surface area is 91.3 Å². The maximum absolute atomic E-state index is 5.60. The lowest BCUT2D eigenvalue weighted by Crippen LogP contribution is -1.88. The molecule has 0 aliphatic heterocycles. The second kappa shape index (κ2) is 3.30. The predicted octanol–water partition coefficient (Wildman–Crippen LogP) is 1.60. The predicted molar refractivity (Wildman–Crippen MR) is 61.5 cm³/mol. The van der Waals surface area contributed by atoms with E-state index in [9.17, 15) is 0 Å². The second-order valence-corrected chi connectivity index (χ2v) is 3.44. The zero-order valence-corrected chi connectivity index (χ0v) is 8.38. The summed E-state index contributed by atoms with van der Waals surface area (Å²) in [6.07, 6.45) is 3.47. The van der Waals surface area contributed by atoms with Gasteiger partial charge in [0.1, 0.15) is 11.5 Å².